The van der Waals surface area contributed by atoms with Crippen molar-refractivity contribution < 1.29 is 14.3 Å². The second-order valence-corrected chi connectivity index (χ2v) is 10.7. The van der Waals surface area contributed by atoms with E-state index in [-0.39, 0.29) is 5.91 Å². The number of imidazole rings is 1. The fraction of sp³-hybridized carbons (Fsp3) is 0.393. The van der Waals surface area contributed by atoms with Crippen molar-refractivity contribution in [3.63, 3.8) is 0 Å². The number of nitrogens with one attached hydrogen (secondary N) is 3. The summed E-state index contributed by atoms with van der Waals surface area (Å²) < 4.78 is 7.46. The van der Waals surface area contributed by atoms with E-state index in [4.69, 9.17) is 4.74 Å². The third-order valence-electron chi connectivity index (χ3n) is 5.81. The molecule has 0 aliphatic rings. The number of para-hydroxylation sites is 1. The lowest BCUT2D eigenvalue weighted by Gasteiger charge is -2.23. The summed E-state index contributed by atoms with van der Waals surface area (Å²) in [5.74, 6) is 1.08. The highest BCUT2D eigenvalue weighted by Gasteiger charge is 2.26. The Morgan fingerprint density at radius 3 is 2.58 bits per heavy atom. The number of amides is 2. The van der Waals surface area contributed by atoms with Crippen LogP contribution < -0.4 is 10.6 Å². The molecule has 0 radical (unpaired) electrons. The first kappa shape index (κ1) is 25.3. The van der Waals surface area contributed by atoms with Gasteiger partial charge < -0.3 is 24.9 Å². The van der Waals surface area contributed by atoms with Gasteiger partial charge in [0.15, 0.2) is 0 Å². The van der Waals surface area contributed by atoms with E-state index in [9.17, 15) is 9.59 Å². The summed E-state index contributed by atoms with van der Waals surface area (Å²) in [5.41, 5.74) is 3.68. The Bertz CT molecular complexity index is 1390. The van der Waals surface area contributed by atoms with Crippen molar-refractivity contribution in [2.75, 3.05) is 5.32 Å². The number of aromatic nitrogens is 3. The molecule has 0 aliphatic carbocycles. The molecule has 0 bridgehead atoms. The van der Waals surface area contributed by atoms with Gasteiger partial charge in [0.05, 0.1) is 11.0 Å². The summed E-state index contributed by atoms with van der Waals surface area (Å²) in [5, 5.41) is 6.78. The maximum absolute atomic E-state index is 13.4. The minimum absolute atomic E-state index is 0.317. The average molecular weight is 490 g/mol. The fourth-order valence-corrected chi connectivity index (χ4v) is 4.32. The van der Waals surface area contributed by atoms with E-state index in [0.717, 1.165) is 39.7 Å². The van der Waals surface area contributed by atoms with Crippen LogP contribution in [0.2, 0.25) is 0 Å². The molecule has 0 aliphatic heterocycles. The minimum atomic E-state index is -0.834. The van der Waals surface area contributed by atoms with Crippen molar-refractivity contribution in [1.29, 1.82) is 0 Å². The van der Waals surface area contributed by atoms with Gasteiger partial charge in [0.25, 0.3) is 0 Å². The lowest BCUT2D eigenvalue weighted by Crippen LogP contribution is -2.47. The van der Waals surface area contributed by atoms with Gasteiger partial charge in [0.2, 0.25) is 5.91 Å². The molecule has 0 saturated carbocycles. The maximum Gasteiger partial charge on any atom is 0.408 e. The van der Waals surface area contributed by atoms with E-state index in [0.29, 0.717) is 18.0 Å². The number of rotatable bonds is 7. The van der Waals surface area contributed by atoms with Gasteiger partial charge >= 0.3 is 6.09 Å². The fourth-order valence-electron chi connectivity index (χ4n) is 4.32. The Balaban J connectivity index is 1.58. The summed E-state index contributed by atoms with van der Waals surface area (Å²) in [6.07, 6.45) is 2.53. The number of fused-ring (bicyclic) bond motifs is 2. The zero-order chi connectivity index (χ0) is 26.0. The van der Waals surface area contributed by atoms with Crippen LogP contribution in [-0.2, 0) is 29.4 Å². The quantitative estimate of drug-likeness (QED) is 0.327. The van der Waals surface area contributed by atoms with E-state index in [1.165, 1.54) is 0 Å². The molecule has 0 spiro atoms. The van der Waals surface area contributed by atoms with Crippen LogP contribution in [0.3, 0.4) is 0 Å². The zero-order valence-electron chi connectivity index (χ0n) is 21.8. The van der Waals surface area contributed by atoms with Gasteiger partial charge in [-0.15, -0.1) is 0 Å². The number of hydrogen-bond donors (Lipinski definition) is 3. The Hall–Kier alpha value is -3.81. The van der Waals surface area contributed by atoms with Crippen molar-refractivity contribution in [2.45, 2.75) is 59.1 Å². The summed E-state index contributed by atoms with van der Waals surface area (Å²) in [6, 6.07) is 12.7. The van der Waals surface area contributed by atoms with Gasteiger partial charge in [-0.25, -0.2) is 9.78 Å². The molecule has 36 heavy (non-hydrogen) atoms. The topological polar surface area (TPSA) is 101 Å². The van der Waals surface area contributed by atoms with Crippen LogP contribution in [0.1, 0.15) is 46.0 Å². The van der Waals surface area contributed by atoms with E-state index in [1.807, 2.05) is 60.3 Å². The zero-order valence-corrected chi connectivity index (χ0v) is 21.8. The largest absolute Gasteiger partial charge is 0.444 e. The molecule has 8 nitrogen and oxygen atoms in total. The molecule has 8 heteroatoms. The molecule has 2 heterocycles. The second kappa shape index (κ2) is 10.0. The molecule has 2 amide bonds. The normalized spacial score (nSPS) is 12.8. The van der Waals surface area contributed by atoms with Gasteiger partial charge in [0.1, 0.15) is 17.5 Å². The molecule has 2 aromatic heterocycles. The number of hydrogen-bond acceptors (Lipinski definition) is 4. The summed E-state index contributed by atoms with van der Waals surface area (Å²) in [6.45, 7) is 9.66. The Labute approximate surface area is 211 Å². The standard InChI is InChI=1S/C28H35N5O3/c1-17(2)13-25-30-21-12-11-19(15-22(21)31-25)29-26(34)23(32-27(35)36-28(3,4)5)14-18-16-33(6)24-10-8-7-9-20(18)24/h7-12,15-17,23H,13-14H2,1-6H3,(H,29,34)(H,30,31)(H,32,35). The van der Waals surface area contributed by atoms with Crippen molar-refractivity contribution in [3.05, 3.63) is 60.0 Å². The first-order chi connectivity index (χ1) is 17.0. The van der Waals surface area contributed by atoms with Gasteiger partial charge in [0, 0.05) is 42.7 Å². The number of H-pyrrole nitrogens is 1. The molecular weight excluding hydrogens is 454 g/mol. The lowest BCUT2D eigenvalue weighted by molar-refractivity contribution is -0.118. The molecular formula is C28H35N5O3. The molecule has 4 aromatic rings. The van der Waals surface area contributed by atoms with Crippen molar-refractivity contribution in [2.24, 2.45) is 13.0 Å². The average Bonchev–Trinajstić information content (AvgIpc) is 3.31. The van der Waals surface area contributed by atoms with Gasteiger partial charge in [-0.3, -0.25) is 4.79 Å². The Morgan fingerprint density at radius 1 is 1.11 bits per heavy atom. The Kier molecular flexibility index (Phi) is 7.06. The molecule has 4 rings (SSSR count). The van der Waals surface area contributed by atoms with Crippen LogP contribution in [-0.4, -0.2) is 38.2 Å². The first-order valence-corrected chi connectivity index (χ1v) is 12.3. The number of carbonyl (C=O) groups is 2. The van der Waals surface area contributed by atoms with Gasteiger partial charge in [-0.2, -0.15) is 0 Å². The van der Waals surface area contributed by atoms with Crippen LogP contribution in [0.25, 0.3) is 21.9 Å². The van der Waals surface area contributed by atoms with E-state index in [2.05, 4.69) is 34.4 Å². The molecule has 0 fully saturated rings. The molecule has 0 saturated heterocycles. The summed E-state index contributed by atoms with van der Waals surface area (Å²) in [7, 11) is 1.97. The number of nitrogens with zero attached hydrogens (tertiary/aromatic N) is 2. The van der Waals surface area contributed by atoms with Crippen LogP contribution >= 0.6 is 0 Å². The highest BCUT2D eigenvalue weighted by molar-refractivity contribution is 5.98. The Morgan fingerprint density at radius 2 is 1.86 bits per heavy atom. The monoisotopic (exact) mass is 489 g/mol. The van der Waals surface area contributed by atoms with Crippen molar-refractivity contribution in [1.82, 2.24) is 19.9 Å². The van der Waals surface area contributed by atoms with Crippen LogP contribution in [0.5, 0.6) is 0 Å². The highest BCUT2D eigenvalue weighted by atomic mass is 16.6. The third-order valence-corrected chi connectivity index (χ3v) is 5.81. The number of carbonyl (C=O) groups excluding carboxylic acids is 2. The molecule has 2 aromatic carbocycles. The number of alkyl carbamates (subject to hydrolysis) is 1. The minimum Gasteiger partial charge on any atom is -0.444 e. The second-order valence-electron chi connectivity index (χ2n) is 10.7. The highest BCUT2D eigenvalue weighted by Crippen LogP contribution is 2.23. The van der Waals surface area contributed by atoms with Crippen LogP contribution in [0.15, 0.2) is 48.7 Å². The van der Waals surface area contributed by atoms with Crippen molar-refractivity contribution >= 4 is 39.6 Å². The van der Waals surface area contributed by atoms with E-state index in [1.54, 1.807) is 20.8 Å². The summed E-state index contributed by atoms with van der Waals surface area (Å²) >= 11 is 0. The predicted octanol–water partition coefficient (Wildman–Crippen LogP) is 5.33. The predicted molar refractivity (Wildman–Crippen MR) is 143 cm³/mol. The molecule has 1 atom stereocenters. The third kappa shape index (κ3) is 6.05. The van der Waals surface area contributed by atoms with E-state index >= 15 is 0 Å². The lowest BCUT2D eigenvalue weighted by atomic mass is 10.0. The SMILES string of the molecule is CC(C)Cc1nc2ccc(NC(=O)C(Cc3cn(C)c4ccccc34)NC(=O)OC(C)(C)C)cc2[nH]1. The van der Waals surface area contributed by atoms with Crippen molar-refractivity contribution in [3.8, 4) is 0 Å². The maximum atomic E-state index is 13.4. The van der Waals surface area contributed by atoms with E-state index < -0.39 is 17.7 Å². The molecule has 190 valence electrons. The molecule has 3 N–H and O–H groups in total. The smallest absolute Gasteiger partial charge is 0.408 e. The van der Waals surface area contributed by atoms with Gasteiger partial charge in [-0.05, 0) is 56.5 Å². The number of benzene rings is 2. The summed E-state index contributed by atoms with van der Waals surface area (Å²) in [4.78, 5) is 34.0. The number of ether oxygens (including phenoxy) is 1. The number of aryl methyl sites for hydroxylation is 1. The molecule has 1 unspecified atom stereocenters. The van der Waals surface area contributed by atoms with Gasteiger partial charge in [-0.1, -0.05) is 32.0 Å². The number of anilines is 1. The van der Waals surface area contributed by atoms with Crippen LogP contribution in [0.4, 0.5) is 10.5 Å². The van der Waals surface area contributed by atoms with Crippen LogP contribution in [0, 0.1) is 5.92 Å². The first-order valence-electron chi connectivity index (χ1n) is 12.3. The number of aromatic amines is 1.